The fourth-order valence-corrected chi connectivity index (χ4v) is 3.31. The highest BCUT2D eigenvalue weighted by molar-refractivity contribution is 9.10. The maximum atomic E-state index is 10.7. The molecule has 0 amide bonds. The third-order valence-corrected chi connectivity index (χ3v) is 4.26. The molecule has 1 unspecified atom stereocenters. The molecule has 0 saturated heterocycles. The van der Waals surface area contributed by atoms with Gasteiger partial charge in [0.05, 0.1) is 18.7 Å². The molecule has 21 heavy (non-hydrogen) atoms. The molecule has 2 rings (SSSR count). The van der Waals surface area contributed by atoms with Crippen molar-refractivity contribution in [2.75, 3.05) is 14.2 Å². The fraction of sp³-hybridized carbons (Fsp3) is 0.250. The summed E-state index contributed by atoms with van der Waals surface area (Å²) in [7, 11) is 3.17. The number of aryl methyl sites for hydroxylation is 1. The predicted octanol–water partition coefficient (Wildman–Crippen LogP) is 4.62. The molecular formula is C16H16Br2O3. The third-order valence-electron chi connectivity index (χ3n) is 3.18. The number of benzene rings is 2. The molecular weight excluding hydrogens is 400 g/mol. The largest absolute Gasteiger partial charge is 0.496 e. The van der Waals surface area contributed by atoms with Gasteiger partial charge in [-0.2, -0.15) is 0 Å². The Morgan fingerprint density at radius 2 is 1.62 bits per heavy atom. The van der Waals surface area contributed by atoms with Crippen molar-refractivity contribution in [2.24, 2.45) is 0 Å². The Bertz CT molecular complexity index is 636. The number of aliphatic hydroxyl groups excluding tert-OH is 1. The van der Waals surface area contributed by atoms with Gasteiger partial charge < -0.3 is 14.6 Å². The third kappa shape index (κ3) is 3.59. The minimum absolute atomic E-state index is 0.604. The molecule has 2 aromatic rings. The minimum Gasteiger partial charge on any atom is -0.496 e. The van der Waals surface area contributed by atoms with Crippen molar-refractivity contribution in [3.63, 3.8) is 0 Å². The summed E-state index contributed by atoms with van der Waals surface area (Å²) in [4.78, 5) is 0. The van der Waals surface area contributed by atoms with Crippen LogP contribution in [-0.2, 0) is 0 Å². The van der Waals surface area contributed by atoms with Crippen LogP contribution in [0.2, 0.25) is 0 Å². The number of ether oxygens (including phenoxy) is 2. The smallest absolute Gasteiger partial charge is 0.133 e. The van der Waals surface area contributed by atoms with Crippen LogP contribution in [-0.4, -0.2) is 19.3 Å². The predicted molar refractivity (Wildman–Crippen MR) is 90.2 cm³/mol. The van der Waals surface area contributed by atoms with E-state index in [1.807, 2.05) is 25.1 Å². The van der Waals surface area contributed by atoms with Gasteiger partial charge in [-0.05, 0) is 58.2 Å². The molecule has 0 radical (unpaired) electrons. The van der Waals surface area contributed by atoms with Crippen molar-refractivity contribution >= 4 is 31.9 Å². The van der Waals surface area contributed by atoms with E-state index in [1.54, 1.807) is 26.4 Å². The molecule has 0 spiro atoms. The lowest BCUT2D eigenvalue weighted by molar-refractivity contribution is 0.214. The number of rotatable bonds is 4. The Kier molecular flexibility index (Phi) is 5.30. The summed E-state index contributed by atoms with van der Waals surface area (Å²) in [6.45, 7) is 1.99. The van der Waals surface area contributed by atoms with E-state index in [0.29, 0.717) is 17.1 Å². The average molecular weight is 416 g/mol. The molecule has 0 aliphatic heterocycles. The number of hydrogen-bond acceptors (Lipinski definition) is 3. The van der Waals surface area contributed by atoms with Gasteiger partial charge in [-0.25, -0.2) is 0 Å². The Hall–Kier alpha value is -1.04. The van der Waals surface area contributed by atoms with Crippen molar-refractivity contribution in [1.29, 1.82) is 0 Å². The summed E-state index contributed by atoms with van der Waals surface area (Å²) in [6.07, 6.45) is -0.793. The van der Waals surface area contributed by atoms with E-state index in [0.717, 1.165) is 20.1 Å². The SMILES string of the molecule is COc1cc(C(O)c2cc(C)cc(Br)c2)c(OC)cc1Br. The first kappa shape index (κ1) is 16.3. The van der Waals surface area contributed by atoms with E-state index < -0.39 is 6.10 Å². The second-order valence-electron chi connectivity index (χ2n) is 4.69. The zero-order chi connectivity index (χ0) is 15.6. The zero-order valence-electron chi connectivity index (χ0n) is 12.0. The second kappa shape index (κ2) is 6.81. The molecule has 0 aliphatic carbocycles. The first-order chi connectivity index (χ1) is 9.96. The van der Waals surface area contributed by atoms with Crippen molar-refractivity contribution in [1.82, 2.24) is 0 Å². The molecule has 3 nitrogen and oxygen atoms in total. The van der Waals surface area contributed by atoms with Crippen LogP contribution >= 0.6 is 31.9 Å². The lowest BCUT2D eigenvalue weighted by Gasteiger charge is -2.18. The van der Waals surface area contributed by atoms with E-state index in [9.17, 15) is 5.11 Å². The first-order valence-corrected chi connectivity index (χ1v) is 7.91. The Morgan fingerprint density at radius 1 is 0.952 bits per heavy atom. The van der Waals surface area contributed by atoms with E-state index in [-0.39, 0.29) is 0 Å². The van der Waals surface area contributed by atoms with Crippen molar-refractivity contribution < 1.29 is 14.6 Å². The van der Waals surface area contributed by atoms with Crippen molar-refractivity contribution in [3.8, 4) is 11.5 Å². The molecule has 0 bridgehead atoms. The van der Waals surface area contributed by atoms with E-state index in [1.165, 1.54) is 0 Å². The topological polar surface area (TPSA) is 38.7 Å². The number of hydrogen-bond donors (Lipinski definition) is 1. The summed E-state index contributed by atoms with van der Waals surface area (Å²) in [5.41, 5.74) is 2.53. The van der Waals surface area contributed by atoms with Crippen LogP contribution in [0.4, 0.5) is 0 Å². The monoisotopic (exact) mass is 414 g/mol. The normalized spacial score (nSPS) is 12.1. The van der Waals surface area contributed by atoms with E-state index in [4.69, 9.17) is 9.47 Å². The maximum absolute atomic E-state index is 10.7. The number of halogens is 2. The van der Waals surface area contributed by atoms with Gasteiger partial charge in [0.25, 0.3) is 0 Å². The van der Waals surface area contributed by atoms with Crippen LogP contribution in [0.1, 0.15) is 22.8 Å². The highest BCUT2D eigenvalue weighted by Crippen LogP contribution is 2.38. The Morgan fingerprint density at radius 3 is 2.19 bits per heavy atom. The molecule has 2 aromatic carbocycles. The van der Waals surface area contributed by atoms with Gasteiger partial charge in [-0.1, -0.05) is 22.0 Å². The van der Waals surface area contributed by atoms with E-state index in [2.05, 4.69) is 31.9 Å². The van der Waals surface area contributed by atoms with Gasteiger partial charge >= 0.3 is 0 Å². The van der Waals surface area contributed by atoms with Crippen LogP contribution in [0.3, 0.4) is 0 Å². The Labute approximate surface area is 141 Å². The summed E-state index contributed by atoms with van der Waals surface area (Å²) < 4.78 is 12.4. The molecule has 0 fully saturated rings. The lowest BCUT2D eigenvalue weighted by Crippen LogP contribution is -2.04. The molecule has 0 aromatic heterocycles. The van der Waals surface area contributed by atoms with Crippen LogP contribution < -0.4 is 9.47 Å². The van der Waals surface area contributed by atoms with Gasteiger partial charge in [-0.3, -0.25) is 0 Å². The number of aliphatic hydroxyl groups is 1. The second-order valence-corrected chi connectivity index (χ2v) is 6.46. The van der Waals surface area contributed by atoms with Gasteiger partial charge in [-0.15, -0.1) is 0 Å². The van der Waals surface area contributed by atoms with Gasteiger partial charge in [0.2, 0.25) is 0 Å². The molecule has 5 heteroatoms. The molecule has 0 heterocycles. The highest BCUT2D eigenvalue weighted by Gasteiger charge is 2.19. The highest BCUT2D eigenvalue weighted by atomic mass is 79.9. The van der Waals surface area contributed by atoms with Crippen LogP contribution in [0, 0.1) is 6.92 Å². The van der Waals surface area contributed by atoms with Gasteiger partial charge in [0.1, 0.15) is 17.6 Å². The number of methoxy groups -OCH3 is 2. The minimum atomic E-state index is -0.793. The summed E-state index contributed by atoms with van der Waals surface area (Å²) in [5.74, 6) is 1.25. The molecule has 1 N–H and O–H groups in total. The van der Waals surface area contributed by atoms with Crippen molar-refractivity contribution in [2.45, 2.75) is 13.0 Å². The summed E-state index contributed by atoms with van der Waals surface area (Å²) >= 11 is 6.87. The molecule has 0 saturated carbocycles. The van der Waals surface area contributed by atoms with Gasteiger partial charge in [0.15, 0.2) is 0 Å². The molecule has 112 valence electrons. The standard InChI is InChI=1S/C16H16Br2O3/c1-9-4-10(6-11(17)5-9)16(19)12-7-15(21-3)13(18)8-14(12)20-2/h4-8,16,19H,1-3H3. The Balaban J connectivity index is 2.53. The fourth-order valence-electron chi connectivity index (χ4n) is 2.20. The van der Waals surface area contributed by atoms with Gasteiger partial charge in [0, 0.05) is 10.0 Å². The van der Waals surface area contributed by atoms with Crippen LogP contribution in [0.25, 0.3) is 0 Å². The van der Waals surface area contributed by atoms with Crippen LogP contribution in [0.5, 0.6) is 11.5 Å². The quantitative estimate of drug-likeness (QED) is 0.791. The maximum Gasteiger partial charge on any atom is 0.133 e. The van der Waals surface area contributed by atoms with Crippen molar-refractivity contribution in [3.05, 3.63) is 56.0 Å². The zero-order valence-corrected chi connectivity index (χ0v) is 15.2. The summed E-state index contributed by atoms with van der Waals surface area (Å²) in [6, 6.07) is 9.41. The average Bonchev–Trinajstić information content (AvgIpc) is 2.45. The summed E-state index contributed by atoms with van der Waals surface area (Å²) in [5, 5.41) is 10.7. The lowest BCUT2D eigenvalue weighted by atomic mass is 9.99. The van der Waals surface area contributed by atoms with Crippen LogP contribution in [0.15, 0.2) is 39.3 Å². The molecule has 1 atom stereocenters. The molecule has 0 aliphatic rings. The van der Waals surface area contributed by atoms with E-state index >= 15 is 0 Å². The first-order valence-electron chi connectivity index (χ1n) is 6.33.